The van der Waals surface area contributed by atoms with E-state index in [9.17, 15) is 0 Å². The quantitative estimate of drug-likeness (QED) is 0.860. The molecule has 1 atom stereocenters. The molecule has 1 aliphatic rings. The Balaban J connectivity index is 1.66. The van der Waals surface area contributed by atoms with Crippen LogP contribution in [-0.4, -0.2) is 29.6 Å². The molecular weight excluding hydrogens is 270 g/mol. The van der Waals surface area contributed by atoms with E-state index < -0.39 is 0 Å². The maximum atomic E-state index is 5.02. The molecule has 1 aliphatic carbocycles. The number of anilines is 1. The molecule has 0 spiro atoms. The first-order valence-electron chi connectivity index (χ1n) is 7.00. The average Bonchev–Trinajstić information content (AvgIpc) is 2.96. The summed E-state index contributed by atoms with van der Waals surface area (Å²) >= 11 is 1.45. The molecule has 106 valence electrons. The maximum Gasteiger partial charge on any atom is 0.202 e. The standard InChI is InChI=1S/C15H19N3OS/c1-19-9-8-16-15-17-14(18-20-15)13-7-6-11-4-2-3-5-12(11)10-13/h2-5,13H,6-10H2,1H3,(H,16,17,18). The zero-order valence-electron chi connectivity index (χ0n) is 11.6. The summed E-state index contributed by atoms with van der Waals surface area (Å²) in [6.07, 6.45) is 3.34. The van der Waals surface area contributed by atoms with Gasteiger partial charge in [-0.2, -0.15) is 4.37 Å². The highest BCUT2D eigenvalue weighted by Crippen LogP contribution is 2.32. The van der Waals surface area contributed by atoms with Gasteiger partial charge in [-0.1, -0.05) is 24.3 Å². The number of ether oxygens (including phenoxy) is 1. The van der Waals surface area contributed by atoms with Gasteiger partial charge in [-0.15, -0.1) is 0 Å². The Labute approximate surface area is 123 Å². The Kier molecular flexibility index (Phi) is 4.28. The number of methoxy groups -OCH3 is 1. The minimum Gasteiger partial charge on any atom is -0.383 e. The SMILES string of the molecule is COCCNc1nc(C2CCc3ccccc3C2)ns1. The first kappa shape index (κ1) is 13.5. The van der Waals surface area contributed by atoms with Gasteiger partial charge >= 0.3 is 0 Å². The normalized spacial score (nSPS) is 17.8. The Bertz CT molecular complexity index is 570. The van der Waals surface area contributed by atoms with Crippen molar-refractivity contribution in [1.82, 2.24) is 9.36 Å². The molecule has 1 aromatic carbocycles. The lowest BCUT2D eigenvalue weighted by Gasteiger charge is -2.22. The largest absolute Gasteiger partial charge is 0.383 e. The predicted octanol–water partition coefficient (Wildman–Crippen LogP) is 2.87. The van der Waals surface area contributed by atoms with Gasteiger partial charge in [0.25, 0.3) is 0 Å². The van der Waals surface area contributed by atoms with Crippen molar-refractivity contribution in [3.05, 3.63) is 41.2 Å². The predicted molar refractivity (Wildman–Crippen MR) is 81.5 cm³/mol. The fourth-order valence-corrected chi connectivity index (χ4v) is 3.32. The van der Waals surface area contributed by atoms with Gasteiger partial charge in [-0.25, -0.2) is 4.98 Å². The maximum absolute atomic E-state index is 5.02. The van der Waals surface area contributed by atoms with Crippen molar-refractivity contribution in [2.45, 2.75) is 25.2 Å². The van der Waals surface area contributed by atoms with Gasteiger partial charge in [0.05, 0.1) is 6.61 Å². The highest BCUT2D eigenvalue weighted by atomic mass is 32.1. The first-order chi connectivity index (χ1) is 9.86. The van der Waals surface area contributed by atoms with Crippen molar-refractivity contribution in [2.75, 3.05) is 25.6 Å². The molecule has 1 aromatic heterocycles. The number of benzene rings is 1. The van der Waals surface area contributed by atoms with Gasteiger partial charge in [0.2, 0.25) is 5.13 Å². The summed E-state index contributed by atoms with van der Waals surface area (Å²) in [6.45, 7) is 1.46. The molecule has 0 saturated heterocycles. The van der Waals surface area contributed by atoms with Crippen LogP contribution in [0, 0.1) is 0 Å². The van der Waals surface area contributed by atoms with Gasteiger partial charge in [0, 0.05) is 31.1 Å². The van der Waals surface area contributed by atoms with Crippen LogP contribution >= 0.6 is 11.5 Å². The van der Waals surface area contributed by atoms with Crippen LogP contribution in [0.2, 0.25) is 0 Å². The number of nitrogens with zero attached hydrogens (tertiary/aromatic N) is 2. The lowest BCUT2D eigenvalue weighted by molar-refractivity contribution is 0.211. The third-order valence-corrected chi connectivity index (χ3v) is 4.42. The third kappa shape index (κ3) is 2.99. The smallest absolute Gasteiger partial charge is 0.202 e. The highest BCUT2D eigenvalue weighted by Gasteiger charge is 2.23. The summed E-state index contributed by atoms with van der Waals surface area (Å²) in [5.74, 6) is 1.45. The molecule has 0 aliphatic heterocycles. The van der Waals surface area contributed by atoms with E-state index in [2.05, 4.69) is 38.9 Å². The molecule has 0 amide bonds. The Morgan fingerprint density at radius 3 is 3.05 bits per heavy atom. The fourth-order valence-electron chi connectivity index (χ4n) is 2.65. The monoisotopic (exact) mass is 289 g/mol. The van der Waals surface area contributed by atoms with E-state index in [4.69, 9.17) is 4.74 Å². The van der Waals surface area contributed by atoms with E-state index in [1.54, 1.807) is 7.11 Å². The molecule has 0 radical (unpaired) electrons. The van der Waals surface area contributed by atoms with Gasteiger partial charge in [-0.05, 0) is 30.4 Å². The molecular formula is C15H19N3OS. The molecule has 5 heteroatoms. The van der Waals surface area contributed by atoms with Crippen LogP contribution in [0.4, 0.5) is 5.13 Å². The molecule has 0 saturated carbocycles. The van der Waals surface area contributed by atoms with Gasteiger partial charge < -0.3 is 10.1 Å². The second-order valence-corrected chi connectivity index (χ2v) is 5.84. The van der Waals surface area contributed by atoms with Crippen molar-refractivity contribution < 1.29 is 4.74 Å². The molecule has 1 unspecified atom stereocenters. The molecule has 3 rings (SSSR count). The minimum absolute atomic E-state index is 0.458. The van der Waals surface area contributed by atoms with Crippen LogP contribution in [-0.2, 0) is 17.6 Å². The molecule has 1 heterocycles. The number of nitrogens with one attached hydrogen (secondary N) is 1. The van der Waals surface area contributed by atoms with Crippen molar-refractivity contribution in [3.63, 3.8) is 0 Å². The molecule has 20 heavy (non-hydrogen) atoms. The van der Waals surface area contributed by atoms with Crippen LogP contribution in [0.3, 0.4) is 0 Å². The Hall–Kier alpha value is -1.46. The number of hydrogen-bond acceptors (Lipinski definition) is 5. The summed E-state index contributed by atoms with van der Waals surface area (Å²) in [5, 5.41) is 4.14. The second kappa shape index (κ2) is 6.33. The number of aromatic nitrogens is 2. The fraction of sp³-hybridized carbons (Fsp3) is 0.467. The van der Waals surface area contributed by atoms with E-state index in [0.717, 1.165) is 36.8 Å². The number of aryl methyl sites for hydroxylation is 1. The molecule has 0 bridgehead atoms. The lowest BCUT2D eigenvalue weighted by Crippen LogP contribution is -2.14. The van der Waals surface area contributed by atoms with Crippen LogP contribution in [0.15, 0.2) is 24.3 Å². The van der Waals surface area contributed by atoms with E-state index in [1.807, 2.05) is 0 Å². The van der Waals surface area contributed by atoms with E-state index in [-0.39, 0.29) is 0 Å². The Morgan fingerprint density at radius 1 is 1.35 bits per heavy atom. The Morgan fingerprint density at radius 2 is 2.20 bits per heavy atom. The summed E-state index contributed by atoms with van der Waals surface area (Å²) in [5.41, 5.74) is 2.94. The van der Waals surface area contributed by atoms with Crippen molar-refractivity contribution in [3.8, 4) is 0 Å². The summed E-state index contributed by atoms with van der Waals surface area (Å²) in [4.78, 5) is 4.62. The minimum atomic E-state index is 0.458. The van der Waals surface area contributed by atoms with Gasteiger partial charge in [0.15, 0.2) is 0 Å². The third-order valence-electron chi connectivity index (χ3n) is 3.74. The summed E-state index contributed by atoms with van der Waals surface area (Å²) < 4.78 is 9.54. The van der Waals surface area contributed by atoms with E-state index in [1.165, 1.54) is 22.7 Å². The zero-order chi connectivity index (χ0) is 13.8. The van der Waals surface area contributed by atoms with Gasteiger partial charge in [0.1, 0.15) is 5.82 Å². The molecule has 1 N–H and O–H groups in total. The molecule has 2 aromatic rings. The highest BCUT2D eigenvalue weighted by molar-refractivity contribution is 7.09. The van der Waals surface area contributed by atoms with Gasteiger partial charge in [-0.3, -0.25) is 0 Å². The van der Waals surface area contributed by atoms with Crippen molar-refractivity contribution >= 4 is 16.7 Å². The number of fused-ring (bicyclic) bond motifs is 1. The van der Waals surface area contributed by atoms with Crippen molar-refractivity contribution in [1.29, 1.82) is 0 Å². The molecule has 4 nitrogen and oxygen atoms in total. The van der Waals surface area contributed by atoms with Crippen LogP contribution < -0.4 is 5.32 Å². The second-order valence-electron chi connectivity index (χ2n) is 5.09. The number of hydrogen-bond donors (Lipinski definition) is 1. The van der Waals surface area contributed by atoms with E-state index in [0.29, 0.717) is 12.5 Å². The van der Waals surface area contributed by atoms with E-state index >= 15 is 0 Å². The summed E-state index contributed by atoms with van der Waals surface area (Å²) in [6, 6.07) is 8.70. The topological polar surface area (TPSA) is 47.0 Å². The number of rotatable bonds is 5. The lowest BCUT2D eigenvalue weighted by atomic mass is 9.83. The summed E-state index contributed by atoms with van der Waals surface area (Å²) in [7, 11) is 1.70. The first-order valence-corrected chi connectivity index (χ1v) is 7.77. The average molecular weight is 289 g/mol. The van der Waals surface area contributed by atoms with Crippen molar-refractivity contribution in [2.24, 2.45) is 0 Å². The van der Waals surface area contributed by atoms with Crippen LogP contribution in [0.25, 0.3) is 0 Å². The molecule has 0 fully saturated rings. The zero-order valence-corrected chi connectivity index (χ0v) is 12.4. The van der Waals surface area contributed by atoms with Crippen LogP contribution in [0.1, 0.15) is 29.3 Å². The van der Waals surface area contributed by atoms with Crippen LogP contribution in [0.5, 0.6) is 0 Å².